The lowest BCUT2D eigenvalue weighted by atomic mass is 10.1. The van der Waals surface area contributed by atoms with Gasteiger partial charge in [0.05, 0.1) is 5.69 Å². The van der Waals surface area contributed by atoms with Gasteiger partial charge in [-0.05, 0) is 29.8 Å². The summed E-state index contributed by atoms with van der Waals surface area (Å²) < 4.78 is 0. The predicted octanol–water partition coefficient (Wildman–Crippen LogP) is 2.50. The highest BCUT2D eigenvalue weighted by molar-refractivity contribution is 6.48. The summed E-state index contributed by atoms with van der Waals surface area (Å²) in [6, 6.07) is 5.02. The SMILES string of the molecule is C=Cc1ccc(N/N=C2/C=CC=CC2=O)c(O)c1. The van der Waals surface area contributed by atoms with Crippen molar-refractivity contribution in [2.45, 2.75) is 0 Å². The number of allylic oxidation sites excluding steroid dienone is 4. The summed E-state index contributed by atoms with van der Waals surface area (Å²) in [4.78, 5) is 11.4. The second kappa shape index (κ2) is 5.14. The Bertz CT molecular complexity index is 583. The Balaban J connectivity index is 2.18. The molecule has 1 aromatic carbocycles. The van der Waals surface area contributed by atoms with E-state index >= 15 is 0 Å². The van der Waals surface area contributed by atoms with E-state index in [2.05, 4.69) is 17.1 Å². The standard InChI is InChI=1S/C14H12N2O2/c1-2-10-7-8-12(14(18)9-10)16-15-11-5-3-4-6-13(11)17/h2-9,16,18H,1H2/b15-11-. The lowest BCUT2D eigenvalue weighted by molar-refractivity contribution is -0.108. The predicted molar refractivity (Wildman–Crippen MR) is 72.5 cm³/mol. The molecule has 90 valence electrons. The summed E-state index contributed by atoms with van der Waals surface area (Å²) in [5.74, 6) is -0.119. The van der Waals surface area contributed by atoms with Gasteiger partial charge in [-0.25, -0.2) is 0 Å². The highest BCUT2D eigenvalue weighted by atomic mass is 16.3. The first-order valence-corrected chi connectivity index (χ1v) is 5.39. The average Bonchev–Trinajstić information content (AvgIpc) is 2.39. The Kier molecular flexibility index (Phi) is 3.38. The third-order valence-corrected chi connectivity index (χ3v) is 2.42. The van der Waals surface area contributed by atoms with Crippen LogP contribution in [0.15, 0.2) is 54.2 Å². The van der Waals surface area contributed by atoms with Crippen LogP contribution >= 0.6 is 0 Å². The van der Waals surface area contributed by atoms with E-state index < -0.39 is 0 Å². The Morgan fingerprint density at radius 3 is 2.72 bits per heavy atom. The van der Waals surface area contributed by atoms with E-state index in [9.17, 15) is 9.90 Å². The highest BCUT2D eigenvalue weighted by Gasteiger charge is 2.07. The molecule has 2 N–H and O–H groups in total. The number of hydrogen-bond acceptors (Lipinski definition) is 4. The second-order valence-corrected chi connectivity index (χ2v) is 3.67. The number of rotatable bonds is 3. The maximum Gasteiger partial charge on any atom is 0.205 e. The van der Waals surface area contributed by atoms with Gasteiger partial charge in [0.15, 0.2) is 0 Å². The number of phenols is 1. The van der Waals surface area contributed by atoms with Crippen molar-refractivity contribution < 1.29 is 9.90 Å². The number of nitrogens with zero attached hydrogens (tertiary/aromatic N) is 1. The van der Waals surface area contributed by atoms with Crippen LogP contribution in [0.4, 0.5) is 5.69 Å². The lowest BCUT2D eigenvalue weighted by Gasteiger charge is -2.06. The molecule has 0 heterocycles. The van der Waals surface area contributed by atoms with Gasteiger partial charge in [0.2, 0.25) is 5.78 Å². The van der Waals surface area contributed by atoms with Gasteiger partial charge in [0, 0.05) is 0 Å². The van der Waals surface area contributed by atoms with Crippen LogP contribution in [0.2, 0.25) is 0 Å². The van der Waals surface area contributed by atoms with Gasteiger partial charge < -0.3 is 5.11 Å². The lowest BCUT2D eigenvalue weighted by Crippen LogP contribution is -2.12. The van der Waals surface area contributed by atoms with E-state index in [4.69, 9.17) is 0 Å². The first-order valence-electron chi connectivity index (χ1n) is 5.39. The van der Waals surface area contributed by atoms with Crippen molar-refractivity contribution >= 4 is 23.3 Å². The summed E-state index contributed by atoms with van der Waals surface area (Å²) >= 11 is 0. The van der Waals surface area contributed by atoms with Crippen LogP contribution in [0.1, 0.15) is 5.56 Å². The zero-order valence-electron chi connectivity index (χ0n) is 9.63. The minimum Gasteiger partial charge on any atom is -0.506 e. The van der Waals surface area contributed by atoms with Crippen molar-refractivity contribution in [2.24, 2.45) is 5.10 Å². The Hall–Kier alpha value is -2.62. The summed E-state index contributed by atoms with van der Waals surface area (Å²) in [5.41, 5.74) is 4.20. The summed E-state index contributed by atoms with van der Waals surface area (Å²) in [7, 11) is 0. The highest BCUT2D eigenvalue weighted by Crippen LogP contribution is 2.24. The molecule has 1 aliphatic carbocycles. The molecule has 0 aliphatic heterocycles. The molecule has 0 spiro atoms. The number of aromatic hydroxyl groups is 1. The van der Waals surface area contributed by atoms with Crippen LogP contribution in [-0.4, -0.2) is 16.6 Å². The monoisotopic (exact) mass is 240 g/mol. The Morgan fingerprint density at radius 1 is 1.28 bits per heavy atom. The van der Waals surface area contributed by atoms with Crippen molar-refractivity contribution in [3.05, 3.63) is 54.6 Å². The van der Waals surface area contributed by atoms with Gasteiger partial charge in [-0.15, -0.1) is 0 Å². The van der Waals surface area contributed by atoms with E-state index in [1.54, 1.807) is 42.5 Å². The molecule has 4 heteroatoms. The van der Waals surface area contributed by atoms with Gasteiger partial charge in [0.1, 0.15) is 11.5 Å². The van der Waals surface area contributed by atoms with Crippen molar-refractivity contribution in [2.75, 3.05) is 5.43 Å². The maximum absolute atomic E-state index is 11.4. The quantitative estimate of drug-likeness (QED) is 0.484. The third kappa shape index (κ3) is 2.55. The van der Waals surface area contributed by atoms with Crippen molar-refractivity contribution in [3.8, 4) is 5.75 Å². The van der Waals surface area contributed by atoms with Gasteiger partial charge >= 0.3 is 0 Å². The molecule has 1 aliphatic rings. The largest absolute Gasteiger partial charge is 0.506 e. The first-order chi connectivity index (χ1) is 8.70. The topological polar surface area (TPSA) is 61.7 Å². The number of benzene rings is 1. The van der Waals surface area contributed by atoms with Crippen molar-refractivity contribution in [1.29, 1.82) is 0 Å². The number of hydrogen-bond donors (Lipinski definition) is 2. The van der Waals surface area contributed by atoms with Gasteiger partial charge in [-0.1, -0.05) is 30.9 Å². The molecule has 0 saturated carbocycles. The van der Waals surface area contributed by atoms with Crippen molar-refractivity contribution in [1.82, 2.24) is 0 Å². The Morgan fingerprint density at radius 2 is 2.06 bits per heavy atom. The number of nitrogens with one attached hydrogen (secondary N) is 1. The van der Waals surface area contributed by atoms with Crippen molar-refractivity contribution in [3.63, 3.8) is 0 Å². The molecule has 0 atom stereocenters. The first kappa shape index (κ1) is 11.9. The van der Waals surface area contributed by atoms with Crippen LogP contribution < -0.4 is 5.43 Å². The fourth-order valence-corrected chi connectivity index (χ4v) is 1.44. The normalized spacial score (nSPS) is 16.0. The number of hydrazone groups is 1. The molecular weight excluding hydrogens is 228 g/mol. The molecule has 1 aromatic rings. The molecule has 0 bridgehead atoms. The van der Waals surface area contributed by atoms with Crippen LogP contribution in [-0.2, 0) is 4.79 Å². The minimum absolute atomic E-state index is 0.0551. The number of anilines is 1. The molecule has 0 amide bonds. The average molecular weight is 240 g/mol. The van der Waals surface area contributed by atoms with E-state index in [-0.39, 0.29) is 11.5 Å². The molecule has 0 radical (unpaired) electrons. The fourth-order valence-electron chi connectivity index (χ4n) is 1.44. The van der Waals surface area contributed by atoms with E-state index in [1.807, 2.05) is 0 Å². The molecule has 0 aromatic heterocycles. The third-order valence-electron chi connectivity index (χ3n) is 2.42. The van der Waals surface area contributed by atoms with Crippen LogP contribution in [0.3, 0.4) is 0 Å². The van der Waals surface area contributed by atoms with Gasteiger partial charge in [-0.2, -0.15) is 5.10 Å². The van der Waals surface area contributed by atoms with E-state index in [1.165, 1.54) is 6.08 Å². The second-order valence-electron chi connectivity index (χ2n) is 3.67. The van der Waals surface area contributed by atoms with Crippen LogP contribution in [0, 0.1) is 0 Å². The molecule has 0 saturated heterocycles. The van der Waals surface area contributed by atoms with Gasteiger partial charge in [-0.3, -0.25) is 10.2 Å². The molecular formula is C14H12N2O2. The molecule has 0 fully saturated rings. The molecule has 4 nitrogen and oxygen atoms in total. The number of carbonyl (C=O) groups excluding carboxylic acids is 1. The summed E-state index contributed by atoms with van der Waals surface area (Å²) in [6.07, 6.45) is 8.04. The van der Waals surface area contributed by atoms with Crippen LogP contribution in [0.25, 0.3) is 6.08 Å². The van der Waals surface area contributed by atoms with E-state index in [0.29, 0.717) is 11.4 Å². The zero-order chi connectivity index (χ0) is 13.0. The van der Waals surface area contributed by atoms with Gasteiger partial charge in [0.25, 0.3) is 0 Å². The van der Waals surface area contributed by atoms with Crippen LogP contribution in [0.5, 0.6) is 5.75 Å². The molecule has 0 unspecified atom stereocenters. The Labute approximate surface area is 105 Å². The molecule has 2 rings (SSSR count). The van der Waals surface area contributed by atoms with E-state index in [0.717, 1.165) is 5.56 Å². The summed E-state index contributed by atoms with van der Waals surface area (Å²) in [5, 5.41) is 13.7. The summed E-state index contributed by atoms with van der Waals surface area (Å²) in [6.45, 7) is 3.61. The number of carbonyl (C=O) groups is 1. The zero-order valence-corrected chi connectivity index (χ0v) is 9.63. The molecule has 18 heavy (non-hydrogen) atoms. The maximum atomic E-state index is 11.4. The fraction of sp³-hybridized carbons (Fsp3) is 0. The number of phenolic OH excluding ortho intramolecular Hbond substituents is 1. The number of ketones is 1. The minimum atomic E-state index is -0.174. The smallest absolute Gasteiger partial charge is 0.205 e.